The van der Waals surface area contributed by atoms with Gasteiger partial charge in [-0.15, -0.1) is 0 Å². The molecule has 11 heteroatoms. The van der Waals surface area contributed by atoms with Gasteiger partial charge in [0, 0.05) is 5.02 Å². The van der Waals surface area contributed by atoms with E-state index in [-0.39, 0.29) is 34.6 Å². The van der Waals surface area contributed by atoms with Crippen LogP contribution in [0.3, 0.4) is 0 Å². The summed E-state index contributed by atoms with van der Waals surface area (Å²) in [5.74, 6) is 0.331. The molecule has 1 unspecified atom stereocenters. The van der Waals surface area contributed by atoms with Crippen molar-refractivity contribution in [3.8, 4) is 17.2 Å². The van der Waals surface area contributed by atoms with Crippen LogP contribution in [0.25, 0.3) is 0 Å². The normalized spacial score (nSPS) is 13.4. The lowest BCUT2D eigenvalue weighted by molar-refractivity contribution is -0.385. The highest BCUT2D eigenvalue weighted by Crippen LogP contribution is 2.37. The highest BCUT2D eigenvalue weighted by atomic mass is 35.5. The highest BCUT2D eigenvalue weighted by molar-refractivity contribution is 6.35. The SMILES string of the molecule is CC(Oc1ccc(Cl)cc1Cl)C(=O)N/N=C/c1cc2c(cc1[N+](=O)[O-])OCO2. The first-order chi connectivity index (χ1) is 13.3. The van der Waals surface area contributed by atoms with Gasteiger partial charge in [0.2, 0.25) is 6.79 Å². The number of halogens is 2. The molecule has 1 aliphatic heterocycles. The predicted molar refractivity (Wildman–Crippen MR) is 102 cm³/mol. The van der Waals surface area contributed by atoms with Crippen LogP contribution >= 0.6 is 23.2 Å². The smallest absolute Gasteiger partial charge is 0.282 e. The van der Waals surface area contributed by atoms with Crippen LogP contribution in [0.2, 0.25) is 10.0 Å². The fourth-order valence-corrected chi connectivity index (χ4v) is 2.73. The van der Waals surface area contributed by atoms with E-state index in [2.05, 4.69) is 10.5 Å². The fraction of sp³-hybridized carbons (Fsp3) is 0.176. The van der Waals surface area contributed by atoms with Crippen molar-refractivity contribution in [3.63, 3.8) is 0 Å². The lowest BCUT2D eigenvalue weighted by Gasteiger charge is -2.14. The van der Waals surface area contributed by atoms with Crippen LogP contribution in [0.5, 0.6) is 17.2 Å². The Labute approximate surface area is 168 Å². The van der Waals surface area contributed by atoms with Crippen LogP contribution in [-0.2, 0) is 4.79 Å². The van der Waals surface area contributed by atoms with Crippen LogP contribution in [0.15, 0.2) is 35.4 Å². The molecule has 1 heterocycles. The summed E-state index contributed by atoms with van der Waals surface area (Å²) in [5.41, 5.74) is 2.16. The van der Waals surface area contributed by atoms with E-state index in [1.807, 2.05) is 0 Å². The molecule has 0 bridgehead atoms. The Balaban J connectivity index is 1.67. The number of hydrogen-bond donors (Lipinski definition) is 1. The number of nitrogens with one attached hydrogen (secondary N) is 1. The lowest BCUT2D eigenvalue weighted by atomic mass is 10.1. The number of carbonyl (C=O) groups is 1. The molecule has 2 aromatic rings. The number of nitro groups is 1. The first-order valence-corrected chi connectivity index (χ1v) is 8.63. The predicted octanol–water partition coefficient (Wildman–Crippen LogP) is 3.55. The van der Waals surface area contributed by atoms with Gasteiger partial charge in [-0.25, -0.2) is 5.43 Å². The second-order valence-electron chi connectivity index (χ2n) is 5.59. The van der Waals surface area contributed by atoms with E-state index < -0.39 is 16.9 Å². The Hall–Kier alpha value is -3.04. The minimum atomic E-state index is -0.928. The molecule has 1 atom stereocenters. The van der Waals surface area contributed by atoms with Crippen molar-refractivity contribution in [2.75, 3.05) is 6.79 Å². The van der Waals surface area contributed by atoms with Gasteiger partial charge >= 0.3 is 0 Å². The number of nitro benzene ring substituents is 1. The molecule has 0 saturated heterocycles. The highest BCUT2D eigenvalue weighted by Gasteiger charge is 2.22. The number of rotatable bonds is 6. The summed E-state index contributed by atoms with van der Waals surface area (Å²) in [7, 11) is 0. The molecule has 0 saturated carbocycles. The van der Waals surface area contributed by atoms with Crippen molar-refractivity contribution in [1.82, 2.24) is 5.43 Å². The van der Waals surface area contributed by atoms with Crippen molar-refractivity contribution in [2.24, 2.45) is 5.10 Å². The van der Waals surface area contributed by atoms with Crippen LogP contribution in [-0.4, -0.2) is 29.9 Å². The van der Waals surface area contributed by atoms with Crippen molar-refractivity contribution < 1.29 is 23.9 Å². The maximum atomic E-state index is 12.1. The third-order valence-corrected chi connectivity index (χ3v) is 4.19. The summed E-state index contributed by atoms with van der Waals surface area (Å²) in [4.78, 5) is 22.7. The van der Waals surface area contributed by atoms with Crippen molar-refractivity contribution in [3.05, 3.63) is 56.1 Å². The van der Waals surface area contributed by atoms with Gasteiger partial charge in [0.1, 0.15) is 5.75 Å². The van der Waals surface area contributed by atoms with Gasteiger partial charge in [-0.2, -0.15) is 5.10 Å². The van der Waals surface area contributed by atoms with Gasteiger partial charge in [-0.3, -0.25) is 14.9 Å². The first kappa shape index (κ1) is 19.7. The lowest BCUT2D eigenvalue weighted by Crippen LogP contribution is -2.33. The summed E-state index contributed by atoms with van der Waals surface area (Å²) >= 11 is 11.8. The number of benzene rings is 2. The molecule has 2 aromatic carbocycles. The molecular formula is C17H13Cl2N3O6. The number of hydrazone groups is 1. The van der Waals surface area contributed by atoms with Crippen molar-refractivity contribution >= 4 is 41.0 Å². The van der Waals surface area contributed by atoms with E-state index in [9.17, 15) is 14.9 Å². The van der Waals surface area contributed by atoms with E-state index in [1.165, 1.54) is 31.2 Å². The molecule has 0 fully saturated rings. The number of carbonyl (C=O) groups excluding carboxylic acids is 1. The molecule has 146 valence electrons. The Kier molecular flexibility index (Phi) is 5.86. The third-order valence-electron chi connectivity index (χ3n) is 3.66. The monoisotopic (exact) mass is 425 g/mol. The second-order valence-corrected chi connectivity index (χ2v) is 6.43. The number of amides is 1. The van der Waals surface area contributed by atoms with Gasteiger partial charge in [-0.05, 0) is 31.2 Å². The Morgan fingerprint density at radius 1 is 1.32 bits per heavy atom. The van der Waals surface area contributed by atoms with Crippen LogP contribution < -0.4 is 19.6 Å². The summed E-state index contributed by atoms with van der Waals surface area (Å²) in [6, 6.07) is 7.24. The van der Waals surface area contributed by atoms with E-state index in [0.717, 1.165) is 6.21 Å². The minimum Gasteiger partial charge on any atom is -0.479 e. The molecule has 0 aromatic heterocycles. The van der Waals surface area contributed by atoms with E-state index in [4.69, 9.17) is 37.4 Å². The summed E-state index contributed by atoms with van der Waals surface area (Å²) in [6.45, 7) is 1.48. The van der Waals surface area contributed by atoms with E-state index >= 15 is 0 Å². The molecule has 28 heavy (non-hydrogen) atoms. The zero-order valence-electron chi connectivity index (χ0n) is 14.3. The van der Waals surface area contributed by atoms with Crippen molar-refractivity contribution in [1.29, 1.82) is 0 Å². The maximum Gasteiger partial charge on any atom is 0.282 e. The largest absolute Gasteiger partial charge is 0.479 e. The van der Waals surface area contributed by atoms with Crippen molar-refractivity contribution in [2.45, 2.75) is 13.0 Å². The van der Waals surface area contributed by atoms with E-state index in [1.54, 1.807) is 6.07 Å². The topological polar surface area (TPSA) is 112 Å². The van der Waals surface area contributed by atoms with Gasteiger partial charge in [-0.1, -0.05) is 23.2 Å². The molecule has 3 rings (SSSR count). The zero-order chi connectivity index (χ0) is 20.3. The molecule has 0 aliphatic carbocycles. The van der Waals surface area contributed by atoms with Gasteiger partial charge < -0.3 is 14.2 Å². The summed E-state index contributed by atoms with van der Waals surface area (Å²) in [5, 5.41) is 15.6. The first-order valence-electron chi connectivity index (χ1n) is 7.88. The fourth-order valence-electron chi connectivity index (χ4n) is 2.28. The van der Waals surface area contributed by atoms with Gasteiger partial charge in [0.15, 0.2) is 17.6 Å². The number of ether oxygens (including phenoxy) is 3. The molecular weight excluding hydrogens is 413 g/mol. The number of hydrogen-bond acceptors (Lipinski definition) is 7. The van der Waals surface area contributed by atoms with Crippen LogP contribution in [0, 0.1) is 10.1 Å². The second kappa shape index (κ2) is 8.32. The average molecular weight is 426 g/mol. The summed E-state index contributed by atoms with van der Waals surface area (Å²) in [6.07, 6.45) is 0.211. The van der Waals surface area contributed by atoms with Gasteiger partial charge in [0.25, 0.3) is 11.6 Å². The minimum absolute atomic E-state index is 0.0219. The molecule has 9 nitrogen and oxygen atoms in total. The number of fused-ring (bicyclic) bond motifs is 1. The Bertz CT molecular complexity index is 966. The number of nitrogens with zero attached hydrogens (tertiary/aromatic N) is 2. The molecule has 0 radical (unpaired) electrons. The van der Waals surface area contributed by atoms with Gasteiger partial charge in [0.05, 0.1) is 27.8 Å². The maximum absolute atomic E-state index is 12.1. The third kappa shape index (κ3) is 4.44. The zero-order valence-corrected chi connectivity index (χ0v) is 15.9. The molecule has 0 spiro atoms. The van der Waals surface area contributed by atoms with E-state index in [0.29, 0.717) is 10.8 Å². The standard InChI is InChI=1S/C17H13Cl2N3O6/c1-9(28-14-3-2-11(18)5-12(14)19)17(23)21-20-7-10-4-15-16(27-8-26-15)6-13(10)22(24)25/h2-7,9H,8H2,1H3,(H,21,23)/b20-7+. The summed E-state index contributed by atoms with van der Waals surface area (Å²) < 4.78 is 15.8. The Morgan fingerprint density at radius 3 is 2.71 bits per heavy atom. The Morgan fingerprint density at radius 2 is 2.04 bits per heavy atom. The molecule has 1 aliphatic rings. The van der Waals surface area contributed by atoms with Crippen LogP contribution in [0.4, 0.5) is 5.69 Å². The molecule has 1 N–H and O–H groups in total. The average Bonchev–Trinajstić information content (AvgIpc) is 3.10. The quantitative estimate of drug-likeness (QED) is 0.430. The molecule has 1 amide bonds. The van der Waals surface area contributed by atoms with Crippen LogP contribution in [0.1, 0.15) is 12.5 Å².